The maximum atomic E-state index is 13.9. The number of carbonyl (C=O) groups is 2. The molecule has 0 aliphatic rings. The van der Waals surface area contributed by atoms with Crippen molar-refractivity contribution in [2.45, 2.75) is 6.92 Å². The lowest BCUT2D eigenvalue weighted by molar-refractivity contribution is -0.115. The van der Waals surface area contributed by atoms with Crippen molar-refractivity contribution in [1.82, 2.24) is 5.16 Å². The Morgan fingerprint density at radius 1 is 1.43 bits per heavy atom. The fraction of sp³-hybridized carbons (Fsp3) is 0.214. The molecule has 0 radical (unpaired) electrons. The van der Waals surface area contributed by atoms with Crippen LogP contribution in [0.1, 0.15) is 16.1 Å². The first-order valence-electron chi connectivity index (χ1n) is 6.51. The van der Waals surface area contributed by atoms with E-state index in [9.17, 15) is 14.0 Å². The smallest absolute Gasteiger partial charge is 0.253 e. The Morgan fingerprint density at radius 2 is 2.13 bits per heavy atom. The number of aromatic nitrogens is 1. The molecule has 3 N–H and O–H groups in total. The first-order valence-corrected chi connectivity index (χ1v) is 7.30. The number of aryl methyl sites for hydroxylation is 1. The quantitative estimate of drug-likeness (QED) is 0.821. The van der Waals surface area contributed by atoms with Crippen LogP contribution in [0, 0.1) is 12.7 Å². The summed E-state index contributed by atoms with van der Waals surface area (Å²) in [6.07, 6.45) is 0. The zero-order chi connectivity index (χ0) is 17.1. The molecule has 0 saturated heterocycles. The second kappa shape index (κ2) is 6.78. The number of rotatable bonds is 5. The topological polar surface area (TPSA) is 101 Å². The Balaban J connectivity index is 2.18. The number of anilines is 2. The summed E-state index contributed by atoms with van der Waals surface area (Å²) in [5.74, 6) is -1.25. The highest BCUT2D eigenvalue weighted by atomic mass is 79.9. The minimum Gasteiger partial charge on any atom is -0.365 e. The van der Waals surface area contributed by atoms with Crippen molar-refractivity contribution >= 4 is 39.2 Å². The Kier molecular flexibility index (Phi) is 4.99. The van der Waals surface area contributed by atoms with Crippen LogP contribution in [-0.2, 0) is 4.79 Å². The first kappa shape index (κ1) is 16.9. The van der Waals surface area contributed by atoms with E-state index in [2.05, 4.69) is 26.4 Å². The predicted molar refractivity (Wildman–Crippen MR) is 85.8 cm³/mol. The van der Waals surface area contributed by atoms with Crippen LogP contribution >= 0.6 is 15.9 Å². The summed E-state index contributed by atoms with van der Waals surface area (Å²) in [5, 5.41) is 6.18. The van der Waals surface area contributed by atoms with Crippen molar-refractivity contribution in [3.8, 4) is 0 Å². The van der Waals surface area contributed by atoms with Gasteiger partial charge in [-0.2, -0.15) is 0 Å². The molecule has 0 saturated carbocycles. The molecule has 7 nitrogen and oxygen atoms in total. The molecule has 2 aromatic rings. The minimum atomic E-state index is -0.913. The Labute approximate surface area is 139 Å². The fourth-order valence-corrected chi connectivity index (χ4v) is 2.43. The van der Waals surface area contributed by atoms with Gasteiger partial charge in [-0.15, -0.1) is 0 Å². The summed E-state index contributed by atoms with van der Waals surface area (Å²) >= 11 is 3.15. The number of hydrogen-bond donors (Lipinski definition) is 2. The molecule has 23 heavy (non-hydrogen) atoms. The summed E-state index contributed by atoms with van der Waals surface area (Å²) < 4.78 is 19.2. The van der Waals surface area contributed by atoms with Crippen LogP contribution in [0.4, 0.5) is 15.9 Å². The second-order valence-electron chi connectivity index (χ2n) is 4.87. The second-order valence-corrected chi connectivity index (χ2v) is 5.79. The number of nitrogens with zero attached hydrogens (tertiary/aromatic N) is 2. The van der Waals surface area contributed by atoms with Gasteiger partial charge in [0.15, 0.2) is 5.82 Å². The van der Waals surface area contributed by atoms with Gasteiger partial charge < -0.3 is 20.5 Å². The molecular weight excluding hydrogens is 371 g/mol. The molecule has 2 amide bonds. The zero-order valence-corrected chi connectivity index (χ0v) is 14.0. The highest BCUT2D eigenvalue weighted by Gasteiger charge is 2.20. The number of carbonyl (C=O) groups excluding carboxylic acids is 2. The van der Waals surface area contributed by atoms with Crippen LogP contribution in [0.15, 0.2) is 27.2 Å². The van der Waals surface area contributed by atoms with Crippen molar-refractivity contribution in [3.63, 3.8) is 0 Å². The van der Waals surface area contributed by atoms with Crippen LogP contribution in [0.5, 0.6) is 0 Å². The van der Waals surface area contributed by atoms with Crippen LogP contribution in [0.25, 0.3) is 0 Å². The molecule has 0 aliphatic heterocycles. The Bertz CT molecular complexity index is 762. The van der Waals surface area contributed by atoms with E-state index in [1.165, 1.54) is 11.0 Å². The number of likely N-dealkylation sites (N-methyl/N-ethyl adjacent to an activating group) is 1. The monoisotopic (exact) mass is 384 g/mol. The predicted octanol–water partition coefficient (Wildman–Crippen LogP) is 2.06. The molecule has 0 unspecified atom stereocenters. The third kappa shape index (κ3) is 4.07. The highest BCUT2D eigenvalue weighted by Crippen LogP contribution is 2.27. The molecule has 0 atom stereocenters. The number of nitrogens with one attached hydrogen (secondary N) is 1. The lowest BCUT2D eigenvalue weighted by Gasteiger charge is -2.21. The lowest BCUT2D eigenvalue weighted by Crippen LogP contribution is -2.32. The lowest BCUT2D eigenvalue weighted by atomic mass is 10.1. The molecule has 1 heterocycles. The molecule has 0 aliphatic carbocycles. The molecule has 1 aromatic heterocycles. The Morgan fingerprint density at radius 3 is 2.70 bits per heavy atom. The van der Waals surface area contributed by atoms with Gasteiger partial charge in [-0.3, -0.25) is 9.59 Å². The van der Waals surface area contributed by atoms with E-state index >= 15 is 0 Å². The average Bonchev–Trinajstić information content (AvgIpc) is 2.82. The SMILES string of the molecule is Cc1cc(NC(=O)CN(C)c2cc(Br)cc(F)c2C(N)=O)no1. The molecule has 122 valence electrons. The van der Waals surface area contributed by atoms with E-state index in [1.54, 1.807) is 20.0 Å². The molecule has 9 heteroatoms. The number of primary amides is 1. The average molecular weight is 385 g/mol. The van der Waals surface area contributed by atoms with Gasteiger partial charge in [0.1, 0.15) is 11.6 Å². The van der Waals surface area contributed by atoms with Crippen molar-refractivity contribution in [2.75, 3.05) is 23.8 Å². The number of hydrogen-bond acceptors (Lipinski definition) is 5. The first-order chi connectivity index (χ1) is 10.8. The van der Waals surface area contributed by atoms with Gasteiger partial charge in [-0.1, -0.05) is 21.1 Å². The van der Waals surface area contributed by atoms with E-state index < -0.39 is 17.6 Å². The van der Waals surface area contributed by atoms with Gasteiger partial charge in [0.05, 0.1) is 17.8 Å². The van der Waals surface area contributed by atoms with E-state index in [1.807, 2.05) is 0 Å². The highest BCUT2D eigenvalue weighted by molar-refractivity contribution is 9.10. The number of nitrogens with two attached hydrogens (primary N) is 1. The van der Waals surface area contributed by atoms with Crippen molar-refractivity contribution in [3.05, 3.63) is 39.8 Å². The molecule has 1 aromatic carbocycles. The minimum absolute atomic E-state index is 0.137. The zero-order valence-electron chi connectivity index (χ0n) is 12.4. The van der Waals surface area contributed by atoms with Crippen LogP contribution < -0.4 is 16.0 Å². The maximum absolute atomic E-state index is 13.9. The largest absolute Gasteiger partial charge is 0.365 e. The van der Waals surface area contributed by atoms with Gasteiger partial charge in [0.2, 0.25) is 5.91 Å². The third-order valence-corrected chi connectivity index (χ3v) is 3.43. The third-order valence-electron chi connectivity index (χ3n) is 2.97. The maximum Gasteiger partial charge on any atom is 0.253 e. The van der Waals surface area contributed by atoms with Gasteiger partial charge in [-0.25, -0.2) is 4.39 Å². The van der Waals surface area contributed by atoms with E-state index in [0.717, 1.165) is 6.07 Å². The number of benzene rings is 1. The van der Waals surface area contributed by atoms with Crippen LogP contribution in [-0.4, -0.2) is 30.6 Å². The van der Waals surface area contributed by atoms with E-state index in [4.69, 9.17) is 10.3 Å². The molecule has 0 fully saturated rings. The number of halogens is 2. The van der Waals surface area contributed by atoms with Gasteiger partial charge in [-0.05, 0) is 19.1 Å². The van der Waals surface area contributed by atoms with Crippen LogP contribution in [0.3, 0.4) is 0 Å². The summed E-state index contributed by atoms with van der Waals surface area (Å²) in [5.41, 5.74) is 5.14. The van der Waals surface area contributed by atoms with Gasteiger partial charge >= 0.3 is 0 Å². The summed E-state index contributed by atoms with van der Waals surface area (Å²) in [6, 6.07) is 4.21. The summed E-state index contributed by atoms with van der Waals surface area (Å²) in [4.78, 5) is 24.9. The van der Waals surface area contributed by atoms with Crippen molar-refractivity contribution in [1.29, 1.82) is 0 Å². The summed E-state index contributed by atoms with van der Waals surface area (Å²) in [7, 11) is 1.54. The van der Waals surface area contributed by atoms with E-state index in [-0.39, 0.29) is 23.6 Å². The molecule has 0 spiro atoms. The van der Waals surface area contributed by atoms with Gasteiger partial charge in [0.25, 0.3) is 5.91 Å². The standard InChI is InChI=1S/C14H14BrFN4O3/c1-7-3-11(19-23-7)18-12(21)6-20(2)10-5-8(15)4-9(16)13(10)14(17)22/h3-5H,6H2,1-2H3,(H2,17,22)(H,18,19,21). The molecular formula is C14H14BrFN4O3. The Hall–Kier alpha value is -2.42. The summed E-state index contributed by atoms with van der Waals surface area (Å²) in [6.45, 7) is 1.56. The molecule has 2 rings (SSSR count). The normalized spacial score (nSPS) is 10.4. The van der Waals surface area contributed by atoms with Crippen molar-refractivity contribution in [2.24, 2.45) is 5.73 Å². The fourth-order valence-electron chi connectivity index (χ4n) is 2.01. The number of amides is 2. The molecule has 0 bridgehead atoms. The van der Waals surface area contributed by atoms with Gasteiger partial charge in [0, 0.05) is 17.6 Å². The van der Waals surface area contributed by atoms with Crippen LogP contribution in [0.2, 0.25) is 0 Å². The van der Waals surface area contributed by atoms with E-state index in [0.29, 0.717) is 10.2 Å². The van der Waals surface area contributed by atoms with Crippen molar-refractivity contribution < 1.29 is 18.5 Å².